The van der Waals surface area contributed by atoms with Crippen LogP contribution in [-0.2, 0) is 20.7 Å². The summed E-state index contributed by atoms with van der Waals surface area (Å²) in [7, 11) is 0. The first kappa shape index (κ1) is 25.5. The van der Waals surface area contributed by atoms with Gasteiger partial charge in [-0.15, -0.1) is 0 Å². The van der Waals surface area contributed by atoms with Crippen molar-refractivity contribution in [1.29, 1.82) is 0 Å². The van der Waals surface area contributed by atoms with Crippen molar-refractivity contribution < 1.29 is 23.5 Å². The van der Waals surface area contributed by atoms with E-state index in [0.717, 1.165) is 37.9 Å². The molecule has 8 heteroatoms. The molecule has 2 aliphatic heterocycles. The molecule has 0 radical (unpaired) electrons. The number of carbonyl (C=O) groups excluding carboxylic acids is 2. The summed E-state index contributed by atoms with van der Waals surface area (Å²) < 4.78 is 25.4. The molecule has 188 valence electrons. The first-order valence-electron chi connectivity index (χ1n) is 12.3. The minimum Gasteiger partial charge on any atom is -0.490 e. The molecule has 2 fully saturated rings. The molecule has 0 aliphatic carbocycles. The van der Waals surface area contributed by atoms with Gasteiger partial charge >= 0.3 is 0 Å². The van der Waals surface area contributed by atoms with Gasteiger partial charge in [0.25, 0.3) is 0 Å². The summed E-state index contributed by atoms with van der Waals surface area (Å²) >= 11 is 6.25. The van der Waals surface area contributed by atoms with Crippen molar-refractivity contribution in [2.24, 2.45) is 0 Å². The van der Waals surface area contributed by atoms with Gasteiger partial charge in [-0.3, -0.25) is 9.59 Å². The third kappa shape index (κ3) is 6.95. The fraction of sp³-hybridized carbons (Fsp3) is 0.481. The Morgan fingerprint density at radius 3 is 2.46 bits per heavy atom. The average Bonchev–Trinajstić information content (AvgIpc) is 2.88. The number of aryl methyl sites for hydroxylation is 1. The molecule has 2 amide bonds. The first-order valence-corrected chi connectivity index (χ1v) is 12.6. The van der Waals surface area contributed by atoms with Crippen LogP contribution in [0.2, 0.25) is 5.02 Å². The zero-order valence-corrected chi connectivity index (χ0v) is 20.6. The van der Waals surface area contributed by atoms with Crippen LogP contribution in [0.3, 0.4) is 0 Å². The van der Waals surface area contributed by atoms with Crippen molar-refractivity contribution in [3.63, 3.8) is 0 Å². The number of benzene rings is 2. The maximum Gasteiger partial charge on any atom is 0.225 e. The van der Waals surface area contributed by atoms with Gasteiger partial charge in [0, 0.05) is 31.1 Å². The van der Waals surface area contributed by atoms with Gasteiger partial charge < -0.3 is 19.3 Å². The molecule has 0 aromatic heterocycles. The monoisotopic (exact) mass is 502 g/mol. The smallest absolute Gasteiger partial charge is 0.225 e. The lowest BCUT2D eigenvalue weighted by molar-refractivity contribution is -0.166. The highest BCUT2D eigenvalue weighted by atomic mass is 35.5. The Labute approximate surface area is 210 Å². The topological polar surface area (TPSA) is 59.1 Å². The summed E-state index contributed by atoms with van der Waals surface area (Å²) in [4.78, 5) is 29.9. The summed E-state index contributed by atoms with van der Waals surface area (Å²) in [5, 5.41) is 0.649. The number of ether oxygens (including phenoxy) is 2. The Kier molecular flexibility index (Phi) is 8.63. The molecule has 35 heavy (non-hydrogen) atoms. The van der Waals surface area contributed by atoms with Gasteiger partial charge in [-0.05, 0) is 61.6 Å². The standard InChI is InChI=1S/C27H32ClFN2O4/c28-24-7-3-2-6-21(24)8-13-25(32)31-16-17-35-27(19-31,18-26(33)30-14-4-1-5-15-30)20-34-23-11-9-22(29)10-12-23/h2-3,6-7,9-12H,1,4-5,8,13-20H2. The van der Waals surface area contributed by atoms with Crippen molar-refractivity contribution in [2.45, 2.75) is 44.1 Å². The molecule has 0 bridgehead atoms. The van der Waals surface area contributed by atoms with E-state index in [2.05, 4.69) is 0 Å². The van der Waals surface area contributed by atoms with Crippen LogP contribution in [0, 0.1) is 5.82 Å². The Balaban J connectivity index is 1.45. The molecule has 2 heterocycles. The highest BCUT2D eigenvalue weighted by molar-refractivity contribution is 6.31. The number of morpholine rings is 1. The van der Waals surface area contributed by atoms with E-state index in [-0.39, 0.29) is 37.2 Å². The van der Waals surface area contributed by atoms with Gasteiger partial charge in [-0.2, -0.15) is 0 Å². The van der Waals surface area contributed by atoms with Crippen LogP contribution in [0.25, 0.3) is 0 Å². The predicted molar refractivity (Wildman–Crippen MR) is 132 cm³/mol. The normalized spacial score (nSPS) is 20.5. The number of hydrogen-bond donors (Lipinski definition) is 0. The number of rotatable bonds is 8. The van der Waals surface area contributed by atoms with E-state index in [1.165, 1.54) is 12.1 Å². The predicted octanol–water partition coefficient (Wildman–Crippen LogP) is 4.49. The third-order valence-electron chi connectivity index (χ3n) is 6.66. The van der Waals surface area contributed by atoms with Crippen molar-refractivity contribution in [1.82, 2.24) is 9.80 Å². The Morgan fingerprint density at radius 2 is 1.71 bits per heavy atom. The zero-order valence-electron chi connectivity index (χ0n) is 19.9. The van der Waals surface area contributed by atoms with E-state index >= 15 is 0 Å². The summed E-state index contributed by atoms with van der Waals surface area (Å²) in [5.41, 5.74) is -0.0386. The second-order valence-electron chi connectivity index (χ2n) is 9.30. The van der Waals surface area contributed by atoms with E-state index in [1.807, 2.05) is 29.2 Å². The van der Waals surface area contributed by atoms with Crippen molar-refractivity contribution in [2.75, 3.05) is 39.4 Å². The SMILES string of the molecule is O=C(CC1(COc2ccc(F)cc2)CN(C(=O)CCc2ccccc2Cl)CCO1)N1CCCCC1. The van der Waals surface area contributed by atoms with Crippen LogP contribution in [0.15, 0.2) is 48.5 Å². The maximum atomic E-state index is 13.3. The molecular formula is C27H32ClFN2O4. The molecule has 1 atom stereocenters. The Morgan fingerprint density at radius 1 is 0.971 bits per heavy atom. The maximum absolute atomic E-state index is 13.3. The average molecular weight is 503 g/mol. The first-order chi connectivity index (χ1) is 16.9. The van der Waals surface area contributed by atoms with Crippen LogP contribution >= 0.6 is 11.6 Å². The van der Waals surface area contributed by atoms with Crippen LogP contribution in [-0.4, -0.2) is 66.6 Å². The summed E-state index contributed by atoms with van der Waals surface area (Å²) in [5.74, 6) is 0.140. The van der Waals surface area contributed by atoms with Crippen LogP contribution < -0.4 is 4.74 Å². The number of nitrogens with zero attached hydrogens (tertiary/aromatic N) is 2. The van der Waals surface area contributed by atoms with E-state index in [4.69, 9.17) is 21.1 Å². The van der Waals surface area contributed by atoms with Gasteiger partial charge in [0.15, 0.2) is 0 Å². The molecular weight excluding hydrogens is 471 g/mol. The lowest BCUT2D eigenvalue weighted by Gasteiger charge is -2.43. The molecule has 2 aromatic rings. The summed E-state index contributed by atoms with van der Waals surface area (Å²) in [6, 6.07) is 13.3. The molecule has 1 unspecified atom stereocenters. The summed E-state index contributed by atoms with van der Waals surface area (Å²) in [6.45, 7) is 2.61. The van der Waals surface area contributed by atoms with Crippen molar-refractivity contribution in [3.8, 4) is 5.75 Å². The van der Waals surface area contributed by atoms with Crippen LogP contribution in [0.5, 0.6) is 5.75 Å². The molecule has 0 spiro atoms. The van der Waals surface area contributed by atoms with Crippen LogP contribution in [0.4, 0.5) is 4.39 Å². The quantitative estimate of drug-likeness (QED) is 0.533. The highest BCUT2D eigenvalue weighted by Crippen LogP contribution is 2.27. The number of hydrogen-bond acceptors (Lipinski definition) is 4. The second kappa shape index (κ2) is 11.9. The fourth-order valence-corrected chi connectivity index (χ4v) is 4.91. The molecule has 2 saturated heterocycles. The second-order valence-corrected chi connectivity index (χ2v) is 9.71. The molecule has 0 N–H and O–H groups in total. The lowest BCUT2D eigenvalue weighted by atomic mass is 9.95. The van der Waals surface area contributed by atoms with Crippen LogP contribution in [0.1, 0.15) is 37.7 Å². The van der Waals surface area contributed by atoms with E-state index in [0.29, 0.717) is 36.8 Å². The minimum absolute atomic E-state index is 0.00945. The molecule has 6 nitrogen and oxygen atoms in total. The Hall–Kier alpha value is -2.64. The van der Waals surface area contributed by atoms with Gasteiger partial charge in [0.1, 0.15) is 23.8 Å². The van der Waals surface area contributed by atoms with Crippen molar-refractivity contribution >= 4 is 23.4 Å². The number of piperidine rings is 1. The zero-order chi connectivity index (χ0) is 24.7. The van der Waals surface area contributed by atoms with Gasteiger partial charge in [-0.1, -0.05) is 29.8 Å². The minimum atomic E-state index is -0.971. The number of amides is 2. The molecule has 4 rings (SSSR count). The van der Waals surface area contributed by atoms with Gasteiger partial charge in [-0.25, -0.2) is 4.39 Å². The van der Waals surface area contributed by atoms with E-state index in [1.54, 1.807) is 17.0 Å². The summed E-state index contributed by atoms with van der Waals surface area (Å²) in [6.07, 6.45) is 4.12. The van der Waals surface area contributed by atoms with E-state index in [9.17, 15) is 14.0 Å². The highest BCUT2D eigenvalue weighted by Gasteiger charge is 2.42. The van der Waals surface area contributed by atoms with Crippen molar-refractivity contribution in [3.05, 3.63) is 64.9 Å². The molecule has 0 saturated carbocycles. The van der Waals surface area contributed by atoms with Gasteiger partial charge in [0.2, 0.25) is 11.8 Å². The molecule has 2 aromatic carbocycles. The van der Waals surface area contributed by atoms with Gasteiger partial charge in [0.05, 0.1) is 19.6 Å². The number of likely N-dealkylation sites (tertiary alicyclic amines) is 1. The number of carbonyl (C=O) groups is 2. The molecule has 2 aliphatic rings. The largest absolute Gasteiger partial charge is 0.490 e. The number of halogens is 2. The van der Waals surface area contributed by atoms with E-state index < -0.39 is 5.60 Å². The lowest BCUT2D eigenvalue weighted by Crippen LogP contribution is -2.58. The third-order valence-corrected chi connectivity index (χ3v) is 7.03. The Bertz CT molecular complexity index is 1010. The fourth-order valence-electron chi connectivity index (χ4n) is 4.68.